The lowest BCUT2D eigenvalue weighted by atomic mass is 9.96. The van der Waals surface area contributed by atoms with Crippen molar-refractivity contribution >= 4 is 5.82 Å². The highest BCUT2D eigenvalue weighted by molar-refractivity contribution is 5.43. The minimum absolute atomic E-state index is 0.0659. The molecular weight excluding hydrogens is 308 g/mol. The van der Waals surface area contributed by atoms with E-state index in [1.165, 1.54) is 5.56 Å². The van der Waals surface area contributed by atoms with Gasteiger partial charge in [0.25, 0.3) is 0 Å². The van der Waals surface area contributed by atoms with Crippen molar-refractivity contribution in [3.8, 4) is 0 Å². The van der Waals surface area contributed by atoms with E-state index in [9.17, 15) is 0 Å². The Balaban J connectivity index is 1.99. The fourth-order valence-corrected chi connectivity index (χ4v) is 2.67. The van der Waals surface area contributed by atoms with Gasteiger partial charge >= 0.3 is 0 Å². The highest BCUT2D eigenvalue weighted by Crippen LogP contribution is 2.26. The standard InChI is InChI=1S/C21H24N4/c1-15-8-7-9-16(14-15)19(17-10-5-6-12-22-17)24-18-11-13-23-20(25-18)21(2,3)4/h5-14,19H,1-4H3,(H,23,24,25). The van der Waals surface area contributed by atoms with Crippen molar-refractivity contribution in [2.75, 3.05) is 5.32 Å². The van der Waals surface area contributed by atoms with Crippen LogP contribution in [0.1, 0.15) is 49.5 Å². The minimum atomic E-state index is -0.0957. The van der Waals surface area contributed by atoms with Crippen molar-refractivity contribution in [3.05, 3.63) is 83.6 Å². The summed E-state index contributed by atoms with van der Waals surface area (Å²) >= 11 is 0. The molecule has 0 saturated heterocycles. The molecule has 1 N–H and O–H groups in total. The largest absolute Gasteiger partial charge is 0.357 e. The van der Waals surface area contributed by atoms with Gasteiger partial charge in [-0.1, -0.05) is 56.7 Å². The van der Waals surface area contributed by atoms with Gasteiger partial charge in [-0.2, -0.15) is 0 Å². The van der Waals surface area contributed by atoms with Crippen molar-refractivity contribution in [1.82, 2.24) is 15.0 Å². The molecule has 2 heterocycles. The number of hydrogen-bond acceptors (Lipinski definition) is 4. The Hall–Kier alpha value is -2.75. The summed E-state index contributed by atoms with van der Waals surface area (Å²) in [7, 11) is 0. The highest BCUT2D eigenvalue weighted by atomic mass is 15.1. The topological polar surface area (TPSA) is 50.7 Å². The average Bonchev–Trinajstić information content (AvgIpc) is 2.60. The molecule has 1 unspecified atom stereocenters. The van der Waals surface area contributed by atoms with Crippen molar-refractivity contribution in [2.24, 2.45) is 0 Å². The van der Waals surface area contributed by atoms with Crippen LogP contribution >= 0.6 is 0 Å². The number of nitrogens with zero attached hydrogens (tertiary/aromatic N) is 3. The molecule has 1 aromatic carbocycles. The smallest absolute Gasteiger partial charge is 0.135 e. The Morgan fingerprint density at radius 3 is 2.44 bits per heavy atom. The Morgan fingerprint density at radius 1 is 0.920 bits per heavy atom. The van der Waals surface area contributed by atoms with Gasteiger partial charge < -0.3 is 5.32 Å². The number of anilines is 1. The van der Waals surface area contributed by atoms with Crippen LogP contribution in [0.2, 0.25) is 0 Å². The first kappa shape index (κ1) is 17.1. The fourth-order valence-electron chi connectivity index (χ4n) is 2.67. The predicted molar refractivity (Wildman–Crippen MR) is 102 cm³/mol. The van der Waals surface area contributed by atoms with Crippen LogP contribution in [0.15, 0.2) is 60.9 Å². The molecule has 3 aromatic rings. The molecule has 3 rings (SSSR count). The Kier molecular flexibility index (Phi) is 4.79. The maximum atomic E-state index is 4.71. The molecule has 0 aliphatic rings. The van der Waals surface area contributed by atoms with E-state index in [1.807, 2.05) is 36.7 Å². The molecule has 0 amide bonds. The van der Waals surface area contributed by atoms with Crippen molar-refractivity contribution in [3.63, 3.8) is 0 Å². The molecule has 2 aromatic heterocycles. The minimum Gasteiger partial charge on any atom is -0.357 e. The lowest BCUT2D eigenvalue weighted by Crippen LogP contribution is -2.19. The van der Waals surface area contributed by atoms with E-state index in [2.05, 4.69) is 67.2 Å². The molecule has 0 bridgehead atoms. The lowest BCUT2D eigenvalue weighted by molar-refractivity contribution is 0.545. The summed E-state index contributed by atoms with van der Waals surface area (Å²) in [6.07, 6.45) is 3.63. The normalized spacial score (nSPS) is 12.6. The van der Waals surface area contributed by atoms with E-state index in [0.717, 1.165) is 22.9 Å². The molecule has 0 aliphatic heterocycles. The van der Waals surface area contributed by atoms with Crippen LogP contribution in [0, 0.1) is 6.92 Å². The first-order chi connectivity index (χ1) is 11.9. The Bertz CT molecular complexity index is 838. The summed E-state index contributed by atoms with van der Waals surface area (Å²) < 4.78 is 0. The number of pyridine rings is 1. The van der Waals surface area contributed by atoms with Crippen LogP contribution in [0.4, 0.5) is 5.82 Å². The SMILES string of the molecule is Cc1cccc(C(Nc2ccnc(C(C)(C)C)n2)c2ccccn2)c1. The molecule has 0 fully saturated rings. The van der Waals surface area contributed by atoms with Crippen LogP contribution in [0.5, 0.6) is 0 Å². The third-order valence-electron chi connectivity index (χ3n) is 3.98. The van der Waals surface area contributed by atoms with Crippen LogP contribution in [0.3, 0.4) is 0 Å². The number of benzene rings is 1. The second-order valence-electron chi connectivity index (χ2n) is 7.26. The third-order valence-corrected chi connectivity index (χ3v) is 3.98. The number of hydrogen-bond donors (Lipinski definition) is 1. The van der Waals surface area contributed by atoms with Gasteiger partial charge in [0.2, 0.25) is 0 Å². The number of aryl methyl sites for hydroxylation is 1. The number of rotatable bonds is 4. The monoisotopic (exact) mass is 332 g/mol. The predicted octanol–water partition coefficient (Wildman–Crippen LogP) is 4.68. The summed E-state index contributed by atoms with van der Waals surface area (Å²) in [5.74, 6) is 1.62. The second kappa shape index (κ2) is 7.01. The zero-order chi connectivity index (χ0) is 17.9. The van der Waals surface area contributed by atoms with E-state index < -0.39 is 0 Å². The fraction of sp³-hybridized carbons (Fsp3) is 0.286. The van der Waals surface area contributed by atoms with E-state index in [4.69, 9.17) is 4.98 Å². The van der Waals surface area contributed by atoms with Crippen LogP contribution < -0.4 is 5.32 Å². The Morgan fingerprint density at radius 2 is 1.76 bits per heavy atom. The highest BCUT2D eigenvalue weighted by Gasteiger charge is 2.20. The number of aromatic nitrogens is 3. The lowest BCUT2D eigenvalue weighted by Gasteiger charge is -2.22. The average molecular weight is 332 g/mol. The van der Waals surface area contributed by atoms with Gasteiger partial charge in [0, 0.05) is 17.8 Å². The van der Waals surface area contributed by atoms with Gasteiger partial charge in [-0.3, -0.25) is 4.98 Å². The molecule has 0 radical (unpaired) electrons. The van der Waals surface area contributed by atoms with Gasteiger partial charge in [-0.15, -0.1) is 0 Å². The molecular formula is C21H24N4. The van der Waals surface area contributed by atoms with Crippen molar-refractivity contribution in [2.45, 2.75) is 39.2 Å². The molecule has 0 aliphatic carbocycles. The summed E-state index contributed by atoms with van der Waals surface area (Å²) in [6.45, 7) is 8.44. The molecule has 25 heavy (non-hydrogen) atoms. The quantitative estimate of drug-likeness (QED) is 0.754. The van der Waals surface area contributed by atoms with Gasteiger partial charge in [-0.25, -0.2) is 9.97 Å². The summed E-state index contributed by atoms with van der Waals surface area (Å²) in [6, 6.07) is 16.3. The first-order valence-corrected chi connectivity index (χ1v) is 8.51. The van der Waals surface area contributed by atoms with Gasteiger partial charge in [0.05, 0.1) is 11.7 Å². The van der Waals surface area contributed by atoms with Crippen molar-refractivity contribution < 1.29 is 0 Å². The Labute approximate surface area is 149 Å². The van der Waals surface area contributed by atoms with Crippen LogP contribution in [0.25, 0.3) is 0 Å². The molecule has 0 saturated carbocycles. The zero-order valence-corrected chi connectivity index (χ0v) is 15.2. The zero-order valence-electron chi connectivity index (χ0n) is 15.2. The molecule has 0 spiro atoms. The first-order valence-electron chi connectivity index (χ1n) is 8.51. The van der Waals surface area contributed by atoms with E-state index in [1.54, 1.807) is 0 Å². The maximum absolute atomic E-state index is 4.71. The summed E-state index contributed by atoms with van der Waals surface area (Å²) in [5, 5.41) is 3.54. The maximum Gasteiger partial charge on any atom is 0.135 e. The van der Waals surface area contributed by atoms with Gasteiger partial charge in [-0.05, 0) is 30.7 Å². The van der Waals surface area contributed by atoms with E-state index in [-0.39, 0.29) is 11.5 Å². The van der Waals surface area contributed by atoms with Gasteiger partial charge in [0.1, 0.15) is 11.6 Å². The molecule has 4 nitrogen and oxygen atoms in total. The van der Waals surface area contributed by atoms with Crippen LogP contribution in [-0.2, 0) is 5.41 Å². The summed E-state index contributed by atoms with van der Waals surface area (Å²) in [5.41, 5.74) is 3.25. The summed E-state index contributed by atoms with van der Waals surface area (Å²) in [4.78, 5) is 13.7. The van der Waals surface area contributed by atoms with Crippen LogP contribution in [-0.4, -0.2) is 15.0 Å². The third kappa shape index (κ3) is 4.21. The molecule has 4 heteroatoms. The van der Waals surface area contributed by atoms with Crippen molar-refractivity contribution in [1.29, 1.82) is 0 Å². The molecule has 1 atom stereocenters. The van der Waals surface area contributed by atoms with E-state index in [0.29, 0.717) is 0 Å². The number of nitrogens with one attached hydrogen (secondary N) is 1. The second-order valence-corrected chi connectivity index (χ2v) is 7.26. The molecule has 128 valence electrons. The van der Waals surface area contributed by atoms with Gasteiger partial charge in [0.15, 0.2) is 0 Å². The van der Waals surface area contributed by atoms with E-state index >= 15 is 0 Å².